The van der Waals surface area contributed by atoms with Crippen LogP contribution in [0.1, 0.15) is 86.0 Å². The largest absolute Gasteiger partial charge is 0.444 e. The van der Waals surface area contributed by atoms with Crippen LogP contribution in [0.15, 0.2) is 0 Å². The highest BCUT2D eigenvalue weighted by molar-refractivity contribution is 5.85. The Labute approximate surface area is 152 Å². The smallest absolute Gasteiger partial charge is 0.407 e. The zero-order chi connectivity index (χ0) is 19.1. The first kappa shape index (κ1) is 21.9. The topological polar surface area (TPSA) is 75.6 Å². The molecule has 0 radical (unpaired) electrons. The summed E-state index contributed by atoms with van der Waals surface area (Å²) in [5.41, 5.74) is -1.28. The molecule has 1 aliphatic rings. The lowest BCUT2D eigenvalue weighted by molar-refractivity contribution is -0.129. The lowest BCUT2D eigenvalue weighted by Gasteiger charge is -2.27. The molecular weight excluding hydrogens is 318 g/mol. The minimum atomic E-state index is -0.720. The Balaban J connectivity index is 2.33. The predicted octanol–water partition coefficient (Wildman–Crippen LogP) is 4.22. The minimum absolute atomic E-state index is 0.0281. The summed E-state index contributed by atoms with van der Waals surface area (Å²) in [4.78, 5) is 24.2. The van der Waals surface area contributed by atoms with E-state index in [1.165, 1.54) is 32.1 Å². The molecule has 1 aliphatic carbocycles. The molecule has 1 saturated carbocycles. The second kappa shape index (κ2) is 9.56. The molecule has 0 saturated heterocycles. The molecule has 1 fully saturated rings. The van der Waals surface area contributed by atoms with Gasteiger partial charge < -0.3 is 15.2 Å². The van der Waals surface area contributed by atoms with E-state index in [0.717, 1.165) is 6.42 Å². The van der Waals surface area contributed by atoms with E-state index in [2.05, 4.69) is 5.32 Å². The van der Waals surface area contributed by atoms with Crippen molar-refractivity contribution in [3.05, 3.63) is 0 Å². The van der Waals surface area contributed by atoms with Gasteiger partial charge in [-0.2, -0.15) is 0 Å². The van der Waals surface area contributed by atoms with Crippen molar-refractivity contribution in [1.82, 2.24) is 5.32 Å². The Kier molecular flexibility index (Phi) is 8.39. The number of carbonyl (C=O) groups is 2. The van der Waals surface area contributed by atoms with Crippen molar-refractivity contribution in [2.24, 2.45) is 11.3 Å². The molecule has 5 nitrogen and oxygen atoms in total. The lowest BCUT2D eigenvalue weighted by atomic mass is 9.82. The van der Waals surface area contributed by atoms with Gasteiger partial charge in [-0.25, -0.2) is 4.79 Å². The Morgan fingerprint density at radius 1 is 1.12 bits per heavy atom. The molecule has 0 aromatic rings. The number of rotatable bonds is 8. The molecule has 1 atom stereocenters. The molecule has 25 heavy (non-hydrogen) atoms. The summed E-state index contributed by atoms with van der Waals surface area (Å²) in [6, 6.07) is 0. The Hall–Kier alpha value is -1.10. The molecule has 0 spiro atoms. The standard InChI is InChI=1S/C20H37NO4/c1-19(2,3)25-18(24)21-14-20(4,5)17(23)13-16(22)12-11-15-9-7-6-8-10-15/h15-16,22H,6-14H2,1-5H3,(H,21,24)/t16-/m0/s1. The van der Waals surface area contributed by atoms with Crippen LogP contribution in [0.25, 0.3) is 0 Å². The van der Waals surface area contributed by atoms with Crippen LogP contribution >= 0.6 is 0 Å². The maximum Gasteiger partial charge on any atom is 0.407 e. The van der Waals surface area contributed by atoms with Gasteiger partial charge in [0.2, 0.25) is 0 Å². The normalized spacial score (nSPS) is 17.8. The van der Waals surface area contributed by atoms with Gasteiger partial charge >= 0.3 is 6.09 Å². The molecule has 0 bridgehead atoms. The molecule has 1 rings (SSSR count). The van der Waals surface area contributed by atoms with E-state index < -0.39 is 23.2 Å². The van der Waals surface area contributed by atoms with Crippen LogP contribution in [0.3, 0.4) is 0 Å². The summed E-state index contributed by atoms with van der Waals surface area (Å²) in [7, 11) is 0. The zero-order valence-electron chi connectivity index (χ0n) is 16.7. The number of carbonyl (C=O) groups excluding carboxylic acids is 2. The quantitative estimate of drug-likeness (QED) is 0.683. The maximum atomic E-state index is 12.5. The second-order valence-corrected chi connectivity index (χ2v) is 9.10. The average molecular weight is 356 g/mol. The Bertz CT molecular complexity index is 433. The van der Waals surface area contributed by atoms with Gasteiger partial charge in [-0.1, -0.05) is 46.0 Å². The van der Waals surface area contributed by atoms with Crippen LogP contribution in [0.4, 0.5) is 4.79 Å². The molecule has 0 unspecified atom stereocenters. The molecule has 0 aliphatic heterocycles. The first-order valence-corrected chi connectivity index (χ1v) is 9.68. The van der Waals surface area contributed by atoms with E-state index in [1.807, 2.05) is 0 Å². The summed E-state index contributed by atoms with van der Waals surface area (Å²) >= 11 is 0. The van der Waals surface area contributed by atoms with Gasteiger partial charge in [-0.05, 0) is 39.5 Å². The minimum Gasteiger partial charge on any atom is -0.444 e. The lowest BCUT2D eigenvalue weighted by Crippen LogP contribution is -2.42. The van der Waals surface area contributed by atoms with Crippen molar-refractivity contribution >= 4 is 11.9 Å². The number of Topliss-reactive ketones (excluding diaryl/α,β-unsaturated/α-hetero) is 1. The van der Waals surface area contributed by atoms with Gasteiger partial charge in [0.05, 0.1) is 6.10 Å². The van der Waals surface area contributed by atoms with E-state index in [-0.39, 0.29) is 18.7 Å². The fourth-order valence-corrected chi connectivity index (χ4v) is 3.20. The first-order chi connectivity index (χ1) is 11.5. The number of nitrogens with one attached hydrogen (secondary N) is 1. The van der Waals surface area contributed by atoms with E-state index in [4.69, 9.17) is 4.74 Å². The number of ketones is 1. The third-order valence-corrected chi connectivity index (χ3v) is 4.88. The van der Waals surface area contributed by atoms with Gasteiger partial charge in [0.15, 0.2) is 0 Å². The van der Waals surface area contributed by atoms with E-state index in [1.54, 1.807) is 34.6 Å². The van der Waals surface area contributed by atoms with Crippen molar-refractivity contribution in [1.29, 1.82) is 0 Å². The van der Waals surface area contributed by atoms with E-state index in [9.17, 15) is 14.7 Å². The number of hydrogen-bond acceptors (Lipinski definition) is 4. The third-order valence-electron chi connectivity index (χ3n) is 4.88. The van der Waals surface area contributed by atoms with Gasteiger partial charge in [-0.15, -0.1) is 0 Å². The van der Waals surface area contributed by atoms with E-state index in [0.29, 0.717) is 12.3 Å². The van der Waals surface area contributed by atoms with Crippen molar-refractivity contribution in [3.63, 3.8) is 0 Å². The van der Waals surface area contributed by atoms with Gasteiger partial charge in [0, 0.05) is 18.4 Å². The Morgan fingerprint density at radius 3 is 2.28 bits per heavy atom. The van der Waals surface area contributed by atoms with Crippen LogP contribution in [-0.2, 0) is 9.53 Å². The maximum absolute atomic E-state index is 12.5. The molecule has 146 valence electrons. The van der Waals surface area contributed by atoms with Crippen LogP contribution < -0.4 is 5.32 Å². The van der Waals surface area contributed by atoms with Crippen molar-refractivity contribution in [2.45, 2.75) is 97.7 Å². The molecule has 2 N–H and O–H groups in total. The highest BCUT2D eigenvalue weighted by Crippen LogP contribution is 2.28. The van der Waals surface area contributed by atoms with Gasteiger partial charge in [0.1, 0.15) is 11.4 Å². The fraction of sp³-hybridized carbons (Fsp3) is 0.900. The monoisotopic (exact) mass is 355 g/mol. The van der Waals surface area contributed by atoms with Crippen molar-refractivity contribution < 1.29 is 19.4 Å². The highest BCUT2D eigenvalue weighted by Gasteiger charge is 2.30. The van der Waals surface area contributed by atoms with Crippen LogP contribution in [0.2, 0.25) is 0 Å². The van der Waals surface area contributed by atoms with Crippen LogP contribution in [0.5, 0.6) is 0 Å². The molecule has 0 heterocycles. The summed E-state index contributed by atoms with van der Waals surface area (Å²) in [6.45, 7) is 9.18. The summed E-state index contributed by atoms with van der Waals surface area (Å²) in [5, 5.41) is 12.9. The number of aliphatic hydroxyl groups excluding tert-OH is 1. The second-order valence-electron chi connectivity index (χ2n) is 9.10. The molecular formula is C20H37NO4. The number of amides is 1. The number of ether oxygens (including phenoxy) is 1. The molecule has 5 heteroatoms. The summed E-state index contributed by atoms with van der Waals surface area (Å²) in [5.74, 6) is 0.681. The van der Waals surface area contributed by atoms with Crippen LogP contribution in [0, 0.1) is 11.3 Å². The fourth-order valence-electron chi connectivity index (χ4n) is 3.20. The first-order valence-electron chi connectivity index (χ1n) is 9.68. The summed E-state index contributed by atoms with van der Waals surface area (Å²) in [6.07, 6.45) is 7.16. The van der Waals surface area contributed by atoms with Gasteiger partial charge in [0.25, 0.3) is 0 Å². The number of aliphatic hydroxyl groups is 1. The zero-order valence-corrected chi connectivity index (χ0v) is 16.7. The van der Waals surface area contributed by atoms with Crippen molar-refractivity contribution in [2.75, 3.05) is 6.54 Å². The Morgan fingerprint density at radius 2 is 1.72 bits per heavy atom. The third kappa shape index (κ3) is 9.24. The van der Waals surface area contributed by atoms with E-state index >= 15 is 0 Å². The van der Waals surface area contributed by atoms with Gasteiger partial charge in [-0.3, -0.25) is 4.79 Å². The highest BCUT2D eigenvalue weighted by atomic mass is 16.6. The number of hydrogen-bond donors (Lipinski definition) is 2. The average Bonchev–Trinajstić information content (AvgIpc) is 2.50. The molecule has 0 aromatic carbocycles. The SMILES string of the molecule is CC(C)(C)OC(=O)NCC(C)(C)C(=O)C[C@@H](O)CCC1CCCCC1. The summed E-state index contributed by atoms with van der Waals surface area (Å²) < 4.78 is 5.19. The van der Waals surface area contributed by atoms with Crippen LogP contribution in [-0.4, -0.2) is 35.2 Å². The molecule has 1 amide bonds. The van der Waals surface area contributed by atoms with Crippen molar-refractivity contribution in [3.8, 4) is 0 Å². The predicted molar refractivity (Wildman–Crippen MR) is 99.5 cm³/mol. The number of alkyl carbamates (subject to hydrolysis) is 1. The molecule has 0 aromatic heterocycles.